The number of fused-ring (bicyclic) bond motifs is 8. The van der Waals surface area contributed by atoms with E-state index in [2.05, 4.69) is 207 Å². The highest BCUT2D eigenvalue weighted by Gasteiger charge is 2.36. The summed E-state index contributed by atoms with van der Waals surface area (Å²) in [6, 6.07) is 67.8. The average molecular weight is 680 g/mol. The summed E-state index contributed by atoms with van der Waals surface area (Å²) in [7, 11) is 0. The Morgan fingerprint density at radius 1 is 0.340 bits per heavy atom. The van der Waals surface area contributed by atoms with Gasteiger partial charge in [0.15, 0.2) is 0 Å². The number of hydrogen-bond donors (Lipinski definition) is 0. The van der Waals surface area contributed by atoms with Crippen molar-refractivity contribution in [1.29, 1.82) is 0 Å². The molecule has 0 atom stereocenters. The molecule has 0 bridgehead atoms. The number of ether oxygens (including phenoxy) is 1. The van der Waals surface area contributed by atoms with Crippen LogP contribution in [-0.4, -0.2) is 0 Å². The van der Waals surface area contributed by atoms with Crippen LogP contribution in [0.3, 0.4) is 0 Å². The minimum Gasteiger partial charge on any atom is -0.456 e. The SMILES string of the molecule is CC1(C)c2ccccc2-c2ccc(N(c3cccc(-c4ccccc4)c3)c3ccc4c(c3)-c3ccccc3-c3ccc(-c5ccccc5)cc3O4)cc21. The van der Waals surface area contributed by atoms with E-state index in [1.807, 2.05) is 0 Å². The second-order valence-corrected chi connectivity index (χ2v) is 14.6. The molecule has 0 amide bonds. The Labute approximate surface area is 311 Å². The van der Waals surface area contributed by atoms with Gasteiger partial charge in [0.2, 0.25) is 0 Å². The molecule has 0 unspecified atom stereocenters. The monoisotopic (exact) mass is 679 g/mol. The van der Waals surface area contributed by atoms with Crippen molar-refractivity contribution in [2.75, 3.05) is 4.90 Å². The molecule has 0 radical (unpaired) electrons. The van der Waals surface area contributed by atoms with Gasteiger partial charge in [-0.2, -0.15) is 0 Å². The fourth-order valence-corrected chi connectivity index (χ4v) is 8.40. The molecule has 8 aromatic carbocycles. The molecule has 8 aromatic rings. The van der Waals surface area contributed by atoms with E-state index in [0.717, 1.165) is 56.4 Å². The van der Waals surface area contributed by atoms with Gasteiger partial charge in [-0.3, -0.25) is 0 Å². The van der Waals surface area contributed by atoms with Crippen LogP contribution in [0.5, 0.6) is 11.5 Å². The summed E-state index contributed by atoms with van der Waals surface area (Å²) in [6.07, 6.45) is 0. The van der Waals surface area contributed by atoms with Gasteiger partial charge in [-0.05, 0) is 110 Å². The van der Waals surface area contributed by atoms with Crippen LogP contribution in [0.15, 0.2) is 188 Å². The molecule has 1 heterocycles. The summed E-state index contributed by atoms with van der Waals surface area (Å²) >= 11 is 0. The fourth-order valence-electron chi connectivity index (χ4n) is 8.40. The van der Waals surface area contributed by atoms with Crippen LogP contribution in [0.25, 0.3) is 55.6 Å². The molecule has 53 heavy (non-hydrogen) atoms. The number of anilines is 3. The van der Waals surface area contributed by atoms with E-state index in [1.54, 1.807) is 0 Å². The van der Waals surface area contributed by atoms with Gasteiger partial charge in [0.1, 0.15) is 11.5 Å². The van der Waals surface area contributed by atoms with Crippen LogP contribution in [-0.2, 0) is 5.41 Å². The Balaban J connectivity index is 1.15. The summed E-state index contributed by atoms with van der Waals surface area (Å²) < 4.78 is 6.88. The van der Waals surface area contributed by atoms with Gasteiger partial charge < -0.3 is 9.64 Å². The summed E-state index contributed by atoms with van der Waals surface area (Å²) in [5, 5.41) is 0. The minimum absolute atomic E-state index is 0.121. The number of nitrogens with zero attached hydrogens (tertiary/aromatic N) is 1. The molecular formula is C51H37NO. The van der Waals surface area contributed by atoms with Gasteiger partial charge in [-0.15, -0.1) is 0 Å². The molecule has 0 saturated heterocycles. The van der Waals surface area contributed by atoms with Crippen LogP contribution >= 0.6 is 0 Å². The van der Waals surface area contributed by atoms with Crippen molar-refractivity contribution >= 4 is 17.1 Å². The molecule has 2 nitrogen and oxygen atoms in total. The molecule has 1 aliphatic heterocycles. The maximum absolute atomic E-state index is 6.88. The van der Waals surface area contributed by atoms with E-state index in [0.29, 0.717) is 0 Å². The molecule has 0 fully saturated rings. The normalized spacial score (nSPS) is 13.0. The number of rotatable bonds is 5. The molecular weight excluding hydrogens is 643 g/mol. The van der Waals surface area contributed by atoms with E-state index in [1.165, 1.54) is 38.9 Å². The molecule has 0 saturated carbocycles. The lowest BCUT2D eigenvalue weighted by Gasteiger charge is -2.29. The second-order valence-electron chi connectivity index (χ2n) is 14.6. The van der Waals surface area contributed by atoms with Gasteiger partial charge in [0, 0.05) is 33.6 Å². The Morgan fingerprint density at radius 3 is 1.64 bits per heavy atom. The Hall–Kier alpha value is -6.64. The predicted molar refractivity (Wildman–Crippen MR) is 221 cm³/mol. The van der Waals surface area contributed by atoms with Crippen LogP contribution < -0.4 is 9.64 Å². The number of benzene rings is 8. The van der Waals surface area contributed by atoms with Gasteiger partial charge in [-0.1, -0.05) is 147 Å². The molecule has 0 spiro atoms. The topological polar surface area (TPSA) is 12.5 Å². The lowest BCUT2D eigenvalue weighted by Crippen LogP contribution is -2.16. The van der Waals surface area contributed by atoms with E-state index in [9.17, 15) is 0 Å². The first kappa shape index (κ1) is 31.1. The highest BCUT2D eigenvalue weighted by atomic mass is 16.5. The maximum Gasteiger partial charge on any atom is 0.135 e. The van der Waals surface area contributed by atoms with Crippen molar-refractivity contribution in [3.63, 3.8) is 0 Å². The lowest BCUT2D eigenvalue weighted by molar-refractivity contribution is 0.488. The maximum atomic E-state index is 6.88. The van der Waals surface area contributed by atoms with E-state index >= 15 is 0 Å². The first-order valence-electron chi connectivity index (χ1n) is 18.3. The fraction of sp³-hybridized carbons (Fsp3) is 0.0588. The highest BCUT2D eigenvalue weighted by molar-refractivity contribution is 5.94. The van der Waals surface area contributed by atoms with Crippen molar-refractivity contribution in [1.82, 2.24) is 0 Å². The van der Waals surface area contributed by atoms with Gasteiger partial charge in [-0.25, -0.2) is 0 Å². The van der Waals surface area contributed by atoms with Crippen LogP contribution in [0.1, 0.15) is 25.0 Å². The second kappa shape index (κ2) is 12.3. The summed E-state index contributed by atoms with van der Waals surface area (Å²) in [6.45, 7) is 4.69. The van der Waals surface area contributed by atoms with Gasteiger partial charge in [0.25, 0.3) is 0 Å². The van der Waals surface area contributed by atoms with Crippen LogP contribution in [0.4, 0.5) is 17.1 Å². The van der Waals surface area contributed by atoms with E-state index < -0.39 is 0 Å². The molecule has 252 valence electrons. The third-order valence-electron chi connectivity index (χ3n) is 11.1. The molecule has 0 N–H and O–H groups in total. The first-order valence-corrected chi connectivity index (χ1v) is 18.3. The summed E-state index contributed by atoms with van der Waals surface area (Å²) in [4.78, 5) is 2.40. The lowest BCUT2D eigenvalue weighted by atomic mass is 9.82. The van der Waals surface area contributed by atoms with Crippen molar-refractivity contribution < 1.29 is 4.74 Å². The minimum atomic E-state index is -0.121. The zero-order chi connectivity index (χ0) is 35.5. The van der Waals surface area contributed by atoms with Crippen molar-refractivity contribution in [3.05, 3.63) is 199 Å². The third-order valence-corrected chi connectivity index (χ3v) is 11.1. The zero-order valence-electron chi connectivity index (χ0n) is 29.8. The smallest absolute Gasteiger partial charge is 0.135 e. The van der Waals surface area contributed by atoms with Gasteiger partial charge in [0.05, 0.1) is 0 Å². The predicted octanol–water partition coefficient (Wildman–Crippen LogP) is 14.2. The Kier molecular flexibility index (Phi) is 7.19. The quantitative estimate of drug-likeness (QED) is 0.180. The van der Waals surface area contributed by atoms with E-state index in [-0.39, 0.29) is 5.41 Å². The van der Waals surface area contributed by atoms with Crippen molar-refractivity contribution in [2.24, 2.45) is 0 Å². The standard InChI is InChI=1S/C51H37NO/c1-51(2)47-23-12-11-22-43(47)44-28-25-40(33-48(44)51)52(38-19-13-18-36(30-38)34-14-5-3-6-15-34)39-26-29-49-46(32-39)42-21-10-9-20-41(42)45-27-24-37(31-50(45)53-49)35-16-7-4-8-17-35/h3-33H,1-2H3. The molecule has 10 rings (SSSR count). The molecule has 2 heteroatoms. The summed E-state index contributed by atoms with van der Waals surface area (Å²) in [5.41, 5.74) is 17.6. The Bertz CT molecular complexity index is 2670. The molecule has 2 aliphatic rings. The number of hydrogen-bond acceptors (Lipinski definition) is 2. The average Bonchev–Trinajstić information content (AvgIpc) is 3.35. The Morgan fingerprint density at radius 2 is 0.887 bits per heavy atom. The third kappa shape index (κ3) is 5.18. The van der Waals surface area contributed by atoms with Gasteiger partial charge >= 0.3 is 0 Å². The zero-order valence-corrected chi connectivity index (χ0v) is 29.8. The highest BCUT2D eigenvalue weighted by Crippen LogP contribution is 2.52. The van der Waals surface area contributed by atoms with Crippen molar-refractivity contribution in [3.8, 4) is 67.1 Å². The van der Waals surface area contributed by atoms with E-state index in [4.69, 9.17) is 4.74 Å². The van der Waals surface area contributed by atoms with Crippen LogP contribution in [0, 0.1) is 0 Å². The summed E-state index contributed by atoms with van der Waals surface area (Å²) in [5.74, 6) is 1.70. The first-order chi connectivity index (χ1) is 26.0. The largest absolute Gasteiger partial charge is 0.456 e. The molecule has 1 aliphatic carbocycles. The van der Waals surface area contributed by atoms with Crippen molar-refractivity contribution in [2.45, 2.75) is 19.3 Å². The molecule has 0 aromatic heterocycles. The van der Waals surface area contributed by atoms with Crippen LogP contribution in [0.2, 0.25) is 0 Å².